The normalized spacial score (nSPS) is 17.2. The van der Waals surface area contributed by atoms with E-state index in [0.717, 1.165) is 42.5 Å². The largest absolute Gasteiger partial charge is 0.349 e. The van der Waals surface area contributed by atoms with E-state index in [4.69, 9.17) is 4.52 Å². The number of nitrogens with zero attached hydrogens (tertiary/aromatic N) is 3. The van der Waals surface area contributed by atoms with Crippen LogP contribution in [0.1, 0.15) is 84.5 Å². The van der Waals surface area contributed by atoms with Crippen LogP contribution >= 0.6 is 0 Å². The number of hydrogen-bond donors (Lipinski definition) is 1. The quantitative estimate of drug-likeness (QED) is 0.595. The number of nitrogens with one attached hydrogen (secondary N) is 1. The number of piperidine rings is 1. The number of fused-ring (bicyclic) bond motifs is 1. The first-order chi connectivity index (χ1) is 16.3. The molecule has 7 heteroatoms. The molecule has 0 bridgehead atoms. The Kier molecular flexibility index (Phi) is 5.88. The van der Waals surface area contributed by atoms with Crippen LogP contribution in [0.15, 0.2) is 40.9 Å². The average Bonchev–Trinajstić information content (AvgIpc) is 3.60. The zero-order valence-corrected chi connectivity index (χ0v) is 20.1. The van der Waals surface area contributed by atoms with E-state index in [1.54, 1.807) is 0 Å². The summed E-state index contributed by atoms with van der Waals surface area (Å²) in [6, 6.07) is 11.3. The third-order valence-corrected chi connectivity index (χ3v) is 6.61. The first kappa shape index (κ1) is 22.6. The van der Waals surface area contributed by atoms with Gasteiger partial charge >= 0.3 is 0 Å². The Morgan fingerprint density at radius 3 is 2.44 bits per heavy atom. The highest BCUT2D eigenvalue weighted by Crippen LogP contribution is 2.41. The third-order valence-electron chi connectivity index (χ3n) is 6.61. The lowest BCUT2D eigenvalue weighted by Gasteiger charge is -2.32. The average molecular weight is 461 g/mol. The minimum atomic E-state index is -0.111. The molecule has 1 saturated carbocycles. The second kappa shape index (κ2) is 8.85. The van der Waals surface area contributed by atoms with E-state index in [1.807, 2.05) is 41.3 Å². The Bertz CT molecular complexity index is 1200. The van der Waals surface area contributed by atoms with Crippen molar-refractivity contribution in [3.05, 3.63) is 58.9 Å². The van der Waals surface area contributed by atoms with Gasteiger partial charge in [0, 0.05) is 36.3 Å². The summed E-state index contributed by atoms with van der Waals surface area (Å²) in [5.41, 5.74) is 3.47. The topological polar surface area (TPSA) is 88.3 Å². The summed E-state index contributed by atoms with van der Waals surface area (Å²) in [7, 11) is 0. The fourth-order valence-electron chi connectivity index (χ4n) is 4.67. The molecular formula is C27H32N4O3. The molecule has 5 rings (SSSR count). The molecule has 2 fully saturated rings. The molecule has 1 aliphatic heterocycles. The van der Waals surface area contributed by atoms with Crippen LogP contribution in [0.4, 0.5) is 0 Å². The molecule has 0 spiro atoms. The molecule has 0 atom stereocenters. The van der Waals surface area contributed by atoms with Crippen molar-refractivity contribution < 1.29 is 14.1 Å². The number of benzene rings is 1. The Morgan fingerprint density at radius 2 is 1.79 bits per heavy atom. The van der Waals surface area contributed by atoms with Gasteiger partial charge in [0.2, 0.25) is 0 Å². The van der Waals surface area contributed by atoms with E-state index < -0.39 is 0 Å². The molecule has 0 radical (unpaired) electrons. The van der Waals surface area contributed by atoms with Crippen molar-refractivity contribution in [2.24, 2.45) is 5.41 Å². The zero-order valence-electron chi connectivity index (χ0n) is 20.1. The van der Waals surface area contributed by atoms with Crippen LogP contribution in [-0.2, 0) is 6.42 Å². The number of pyridine rings is 1. The molecule has 1 aliphatic carbocycles. The fraction of sp³-hybridized carbons (Fsp3) is 0.481. The summed E-state index contributed by atoms with van der Waals surface area (Å²) in [4.78, 5) is 32.8. The maximum Gasteiger partial charge on any atom is 0.259 e. The molecule has 1 N–H and O–H groups in total. The molecular weight excluding hydrogens is 428 g/mol. The van der Waals surface area contributed by atoms with E-state index in [2.05, 4.69) is 36.2 Å². The lowest BCUT2D eigenvalue weighted by atomic mass is 9.89. The molecule has 178 valence electrons. The first-order valence-electron chi connectivity index (χ1n) is 12.2. The lowest BCUT2D eigenvalue weighted by molar-refractivity contribution is 0.0698. The summed E-state index contributed by atoms with van der Waals surface area (Å²) in [5, 5.41) is 8.24. The number of carbonyl (C=O) groups is 2. The van der Waals surface area contributed by atoms with Crippen molar-refractivity contribution in [1.29, 1.82) is 0 Å². The van der Waals surface area contributed by atoms with Gasteiger partial charge in [0.15, 0.2) is 0 Å². The van der Waals surface area contributed by atoms with Gasteiger partial charge in [-0.1, -0.05) is 44.1 Å². The minimum Gasteiger partial charge on any atom is -0.349 e. The second-order valence-electron chi connectivity index (χ2n) is 10.8. The van der Waals surface area contributed by atoms with E-state index in [-0.39, 0.29) is 23.3 Å². The van der Waals surface area contributed by atoms with Gasteiger partial charge in [0.25, 0.3) is 17.5 Å². The highest BCUT2D eigenvalue weighted by Gasteiger charge is 2.31. The van der Waals surface area contributed by atoms with E-state index in [1.165, 1.54) is 0 Å². The standard InChI is InChI=1S/C27H32N4O3/c1-27(2,3)16-22-23-20(15-21(17-9-10-17)29-25(23)34-30-22)24(32)28-19-11-13-31(14-12-19)26(33)18-7-5-4-6-8-18/h4-8,15,17,19H,9-14,16H2,1-3H3,(H,28,32). The van der Waals surface area contributed by atoms with Gasteiger partial charge in [0.1, 0.15) is 0 Å². The lowest BCUT2D eigenvalue weighted by Crippen LogP contribution is -2.46. The van der Waals surface area contributed by atoms with Crippen LogP contribution in [0, 0.1) is 5.41 Å². The van der Waals surface area contributed by atoms with Crippen LogP contribution < -0.4 is 5.32 Å². The van der Waals surface area contributed by atoms with Crippen LogP contribution in [0.25, 0.3) is 11.1 Å². The van der Waals surface area contributed by atoms with Crippen LogP contribution in [0.3, 0.4) is 0 Å². The Hall–Kier alpha value is -3.22. The number of rotatable bonds is 5. The summed E-state index contributed by atoms with van der Waals surface area (Å²) in [6.07, 6.45) is 4.34. The number of hydrogen-bond acceptors (Lipinski definition) is 5. The molecule has 7 nitrogen and oxygen atoms in total. The highest BCUT2D eigenvalue weighted by atomic mass is 16.5. The monoisotopic (exact) mass is 460 g/mol. The first-order valence-corrected chi connectivity index (χ1v) is 12.2. The predicted octanol–water partition coefficient (Wildman–Crippen LogP) is 4.72. The Morgan fingerprint density at radius 1 is 1.09 bits per heavy atom. The third kappa shape index (κ3) is 4.83. The highest BCUT2D eigenvalue weighted by molar-refractivity contribution is 6.06. The molecule has 3 heterocycles. The Balaban J connectivity index is 1.32. The molecule has 2 aromatic heterocycles. The number of likely N-dealkylation sites (tertiary alicyclic amines) is 1. The molecule has 2 aliphatic rings. The summed E-state index contributed by atoms with van der Waals surface area (Å²) in [6.45, 7) is 7.68. The van der Waals surface area contributed by atoms with Crippen molar-refractivity contribution in [1.82, 2.24) is 20.4 Å². The fourth-order valence-corrected chi connectivity index (χ4v) is 4.67. The van der Waals surface area contributed by atoms with Crippen LogP contribution in [-0.4, -0.2) is 46.0 Å². The molecule has 2 amide bonds. The predicted molar refractivity (Wildman–Crippen MR) is 130 cm³/mol. The summed E-state index contributed by atoms with van der Waals surface area (Å²) in [5.74, 6) is 0.339. The van der Waals surface area contributed by atoms with Gasteiger partial charge in [-0.3, -0.25) is 9.59 Å². The van der Waals surface area contributed by atoms with Gasteiger partial charge in [-0.2, -0.15) is 0 Å². The second-order valence-corrected chi connectivity index (χ2v) is 10.8. The SMILES string of the molecule is CC(C)(C)Cc1noc2nc(C3CC3)cc(C(=O)NC3CCN(C(=O)c4ccccc4)CC3)c12. The van der Waals surface area contributed by atoms with Gasteiger partial charge in [0.05, 0.1) is 16.6 Å². The van der Waals surface area contributed by atoms with Crippen molar-refractivity contribution in [3.63, 3.8) is 0 Å². The molecule has 3 aromatic rings. The van der Waals surface area contributed by atoms with Gasteiger partial charge in [-0.05, 0) is 55.7 Å². The van der Waals surface area contributed by atoms with Crippen molar-refractivity contribution in [2.45, 2.75) is 64.8 Å². The van der Waals surface area contributed by atoms with E-state index in [0.29, 0.717) is 42.3 Å². The number of amides is 2. The van der Waals surface area contributed by atoms with E-state index >= 15 is 0 Å². The van der Waals surface area contributed by atoms with Gasteiger partial charge in [-0.25, -0.2) is 4.98 Å². The van der Waals surface area contributed by atoms with Crippen LogP contribution in [0.5, 0.6) is 0 Å². The van der Waals surface area contributed by atoms with Gasteiger partial charge < -0.3 is 14.7 Å². The summed E-state index contributed by atoms with van der Waals surface area (Å²) >= 11 is 0. The maximum atomic E-state index is 13.5. The molecule has 1 saturated heterocycles. The molecule has 1 aromatic carbocycles. The minimum absolute atomic E-state index is 0.00479. The zero-order chi connectivity index (χ0) is 23.9. The smallest absolute Gasteiger partial charge is 0.259 e. The summed E-state index contributed by atoms with van der Waals surface area (Å²) < 4.78 is 5.59. The van der Waals surface area contributed by atoms with Crippen LogP contribution in [0.2, 0.25) is 0 Å². The maximum absolute atomic E-state index is 13.5. The van der Waals surface area contributed by atoms with Crippen molar-refractivity contribution in [2.75, 3.05) is 13.1 Å². The van der Waals surface area contributed by atoms with Crippen molar-refractivity contribution in [3.8, 4) is 0 Å². The van der Waals surface area contributed by atoms with Crippen molar-refractivity contribution >= 4 is 22.9 Å². The Labute approximate surface area is 199 Å². The molecule has 34 heavy (non-hydrogen) atoms. The molecule has 0 unspecified atom stereocenters. The van der Waals surface area contributed by atoms with E-state index in [9.17, 15) is 9.59 Å². The number of aromatic nitrogens is 2. The number of carbonyl (C=O) groups excluding carboxylic acids is 2. The van der Waals surface area contributed by atoms with Gasteiger partial charge in [-0.15, -0.1) is 0 Å².